The number of hydrogen-bond acceptors (Lipinski definition) is 3. The summed E-state index contributed by atoms with van der Waals surface area (Å²) in [5.74, 6) is 0.388. The second-order valence-corrected chi connectivity index (χ2v) is 4.24. The first kappa shape index (κ1) is 12.8. The summed E-state index contributed by atoms with van der Waals surface area (Å²) in [5.41, 5.74) is 6.23. The number of nitrogen functional groups attached to an aromatic ring is 1. The number of carbonyl (C=O) groups is 1. The Morgan fingerprint density at radius 2 is 2.31 bits per heavy atom. The average Bonchev–Trinajstić information content (AvgIpc) is 2.25. The highest BCUT2D eigenvalue weighted by atomic mass is 79.9. The Bertz CT molecular complexity index is 369. The Morgan fingerprint density at radius 1 is 1.56 bits per heavy atom. The van der Waals surface area contributed by atoms with Crippen molar-refractivity contribution in [3.05, 3.63) is 22.7 Å². The molecule has 0 bridgehead atoms. The summed E-state index contributed by atoms with van der Waals surface area (Å²) in [6.45, 7) is 2.65. The monoisotopic (exact) mass is 286 g/mol. The Balaban J connectivity index is 2.45. The largest absolute Gasteiger partial charge is 0.482 e. The molecule has 0 atom stereocenters. The lowest BCUT2D eigenvalue weighted by Crippen LogP contribution is -2.29. The van der Waals surface area contributed by atoms with Gasteiger partial charge >= 0.3 is 0 Å². The van der Waals surface area contributed by atoms with Gasteiger partial charge in [0.25, 0.3) is 5.91 Å². The van der Waals surface area contributed by atoms with Gasteiger partial charge in [-0.15, -0.1) is 0 Å². The fourth-order valence-corrected chi connectivity index (χ4v) is 1.49. The fraction of sp³-hybridized carbons (Fsp3) is 0.364. The van der Waals surface area contributed by atoms with Gasteiger partial charge in [0.1, 0.15) is 5.75 Å². The topological polar surface area (TPSA) is 64.3 Å². The molecule has 5 heteroatoms. The third-order valence-corrected chi connectivity index (χ3v) is 2.40. The molecule has 0 aliphatic heterocycles. The minimum Gasteiger partial charge on any atom is -0.482 e. The van der Waals surface area contributed by atoms with Crippen LogP contribution in [0.3, 0.4) is 0 Å². The van der Waals surface area contributed by atoms with Gasteiger partial charge in [0.05, 0.1) is 5.69 Å². The van der Waals surface area contributed by atoms with E-state index in [1.54, 1.807) is 12.1 Å². The molecule has 0 radical (unpaired) electrons. The van der Waals surface area contributed by atoms with Crippen LogP contribution in [0.25, 0.3) is 0 Å². The Hall–Kier alpha value is -1.23. The maximum atomic E-state index is 11.3. The van der Waals surface area contributed by atoms with Crippen molar-refractivity contribution in [1.82, 2.24) is 5.32 Å². The van der Waals surface area contributed by atoms with Crippen molar-refractivity contribution < 1.29 is 9.53 Å². The average molecular weight is 287 g/mol. The number of halogens is 1. The van der Waals surface area contributed by atoms with Gasteiger partial charge in [-0.05, 0) is 24.6 Å². The van der Waals surface area contributed by atoms with Crippen molar-refractivity contribution in [2.75, 3.05) is 18.9 Å². The van der Waals surface area contributed by atoms with E-state index in [-0.39, 0.29) is 12.5 Å². The number of nitrogens with two attached hydrogens (primary N) is 1. The molecule has 0 aliphatic rings. The summed E-state index contributed by atoms with van der Waals surface area (Å²) in [6, 6.07) is 5.28. The van der Waals surface area contributed by atoms with Gasteiger partial charge in [-0.3, -0.25) is 4.79 Å². The molecule has 1 aromatic carbocycles. The molecular formula is C11H15BrN2O2. The minimum absolute atomic E-state index is 0.00810. The zero-order chi connectivity index (χ0) is 12.0. The Morgan fingerprint density at radius 3 is 2.94 bits per heavy atom. The second-order valence-electron chi connectivity index (χ2n) is 3.32. The number of amides is 1. The molecule has 0 saturated carbocycles. The molecule has 0 aliphatic carbocycles. The van der Waals surface area contributed by atoms with Crippen LogP contribution >= 0.6 is 15.9 Å². The van der Waals surface area contributed by atoms with Crippen LogP contribution in [0.5, 0.6) is 5.75 Å². The Labute approximate surface area is 103 Å². The smallest absolute Gasteiger partial charge is 0.257 e. The van der Waals surface area contributed by atoms with Crippen molar-refractivity contribution in [3.63, 3.8) is 0 Å². The molecule has 0 aromatic heterocycles. The van der Waals surface area contributed by atoms with Crippen LogP contribution in [0.1, 0.15) is 13.3 Å². The maximum absolute atomic E-state index is 11.3. The molecule has 88 valence electrons. The number of benzene rings is 1. The highest BCUT2D eigenvalue weighted by molar-refractivity contribution is 9.10. The van der Waals surface area contributed by atoms with E-state index in [4.69, 9.17) is 10.5 Å². The van der Waals surface area contributed by atoms with Crippen LogP contribution in [-0.4, -0.2) is 19.1 Å². The lowest BCUT2D eigenvalue weighted by molar-refractivity contribution is -0.123. The second kappa shape index (κ2) is 6.37. The molecule has 16 heavy (non-hydrogen) atoms. The first-order valence-corrected chi connectivity index (χ1v) is 5.87. The molecule has 0 heterocycles. The maximum Gasteiger partial charge on any atom is 0.257 e. The molecule has 0 fully saturated rings. The summed E-state index contributed by atoms with van der Waals surface area (Å²) >= 11 is 3.30. The fourth-order valence-electron chi connectivity index (χ4n) is 1.11. The standard InChI is InChI=1S/C11H15BrN2O2/c1-2-5-14-11(15)7-16-10-4-3-8(12)6-9(10)13/h3-4,6H,2,5,7,13H2,1H3,(H,14,15). The van der Waals surface area contributed by atoms with Gasteiger partial charge in [-0.25, -0.2) is 0 Å². The Kier molecular flexibility index (Phi) is 5.11. The lowest BCUT2D eigenvalue weighted by Gasteiger charge is -2.09. The van der Waals surface area contributed by atoms with Crippen molar-refractivity contribution in [3.8, 4) is 5.75 Å². The number of ether oxygens (including phenoxy) is 1. The molecular weight excluding hydrogens is 272 g/mol. The van der Waals surface area contributed by atoms with Gasteiger partial charge in [0.15, 0.2) is 6.61 Å². The normalized spacial score (nSPS) is 9.88. The van der Waals surface area contributed by atoms with Crippen LogP contribution in [-0.2, 0) is 4.79 Å². The summed E-state index contributed by atoms with van der Waals surface area (Å²) in [7, 11) is 0. The molecule has 0 saturated heterocycles. The van der Waals surface area contributed by atoms with E-state index < -0.39 is 0 Å². The van der Waals surface area contributed by atoms with Crippen LogP contribution < -0.4 is 15.8 Å². The molecule has 1 aromatic rings. The van der Waals surface area contributed by atoms with Crippen LogP contribution in [0.4, 0.5) is 5.69 Å². The van der Waals surface area contributed by atoms with Gasteiger partial charge in [-0.2, -0.15) is 0 Å². The first-order chi connectivity index (χ1) is 7.63. The van der Waals surface area contributed by atoms with E-state index in [0.717, 1.165) is 10.9 Å². The highest BCUT2D eigenvalue weighted by Gasteiger charge is 2.04. The highest BCUT2D eigenvalue weighted by Crippen LogP contribution is 2.24. The zero-order valence-corrected chi connectivity index (χ0v) is 10.7. The van der Waals surface area contributed by atoms with Gasteiger partial charge in [0.2, 0.25) is 0 Å². The van der Waals surface area contributed by atoms with Crippen molar-refractivity contribution in [2.45, 2.75) is 13.3 Å². The third-order valence-electron chi connectivity index (χ3n) is 1.90. The van der Waals surface area contributed by atoms with Crippen LogP contribution in [0.2, 0.25) is 0 Å². The molecule has 1 amide bonds. The number of hydrogen-bond donors (Lipinski definition) is 2. The van der Waals surface area contributed by atoms with Crippen LogP contribution in [0.15, 0.2) is 22.7 Å². The van der Waals surface area contributed by atoms with Crippen molar-refractivity contribution in [2.24, 2.45) is 0 Å². The first-order valence-electron chi connectivity index (χ1n) is 5.08. The number of anilines is 1. The predicted molar refractivity (Wildman–Crippen MR) is 67.4 cm³/mol. The SMILES string of the molecule is CCCNC(=O)COc1ccc(Br)cc1N. The van der Waals surface area contributed by atoms with Crippen molar-refractivity contribution in [1.29, 1.82) is 0 Å². The van der Waals surface area contributed by atoms with Gasteiger partial charge in [0, 0.05) is 11.0 Å². The zero-order valence-electron chi connectivity index (χ0n) is 9.13. The van der Waals surface area contributed by atoms with Gasteiger partial charge < -0.3 is 15.8 Å². The van der Waals surface area contributed by atoms with Crippen LogP contribution in [0, 0.1) is 0 Å². The van der Waals surface area contributed by atoms with E-state index in [1.165, 1.54) is 0 Å². The molecule has 0 unspecified atom stereocenters. The molecule has 1 rings (SSSR count). The number of rotatable bonds is 5. The summed E-state index contributed by atoms with van der Waals surface area (Å²) < 4.78 is 6.17. The van der Waals surface area contributed by atoms with E-state index in [0.29, 0.717) is 18.0 Å². The molecule has 3 N–H and O–H groups in total. The summed E-state index contributed by atoms with van der Waals surface area (Å²) in [5, 5.41) is 2.72. The van der Waals surface area contributed by atoms with E-state index >= 15 is 0 Å². The minimum atomic E-state index is -0.135. The summed E-state index contributed by atoms with van der Waals surface area (Å²) in [6.07, 6.45) is 0.909. The lowest BCUT2D eigenvalue weighted by atomic mass is 10.3. The summed E-state index contributed by atoms with van der Waals surface area (Å²) in [4.78, 5) is 11.3. The van der Waals surface area contributed by atoms with E-state index in [9.17, 15) is 4.79 Å². The predicted octanol–water partition coefficient (Wildman–Crippen LogP) is 1.94. The van der Waals surface area contributed by atoms with Gasteiger partial charge in [-0.1, -0.05) is 22.9 Å². The number of nitrogens with one attached hydrogen (secondary N) is 1. The molecule has 4 nitrogen and oxygen atoms in total. The number of carbonyl (C=O) groups excluding carboxylic acids is 1. The molecule has 0 spiro atoms. The third kappa shape index (κ3) is 4.10. The quantitative estimate of drug-likeness (QED) is 0.813. The van der Waals surface area contributed by atoms with Crippen molar-refractivity contribution >= 4 is 27.5 Å². The van der Waals surface area contributed by atoms with E-state index in [2.05, 4.69) is 21.2 Å². The van der Waals surface area contributed by atoms with E-state index in [1.807, 2.05) is 13.0 Å².